The Labute approximate surface area is 109 Å². The second-order valence-corrected chi connectivity index (χ2v) is 4.06. The molecule has 0 bridgehead atoms. The van der Waals surface area contributed by atoms with E-state index in [1.54, 1.807) is 0 Å². The topological polar surface area (TPSA) is 101 Å². The van der Waals surface area contributed by atoms with Crippen LogP contribution in [0.5, 0.6) is 0 Å². The minimum absolute atomic E-state index is 0.539. The highest BCUT2D eigenvalue weighted by atomic mass is 16.5. The average Bonchev–Trinajstić information content (AvgIpc) is 2.42. The van der Waals surface area contributed by atoms with Gasteiger partial charge in [0.25, 0.3) is 11.7 Å². The van der Waals surface area contributed by atoms with Crippen molar-refractivity contribution < 1.29 is 29.0 Å². The Kier molecular flexibility index (Phi) is 5.72. The number of amides is 1. The van der Waals surface area contributed by atoms with E-state index in [1.807, 2.05) is 0 Å². The summed E-state index contributed by atoms with van der Waals surface area (Å²) in [4.78, 5) is 45.7. The Morgan fingerprint density at radius 2 is 1.68 bits per heavy atom. The summed E-state index contributed by atoms with van der Waals surface area (Å²) in [6.45, 7) is 0.410. The number of Topliss-reactive ketones (excluding diaryl/α,β-unsaturated/α-hetero) is 1. The maximum absolute atomic E-state index is 11.6. The number of likely N-dealkylation sites (tertiary alicyclic amines) is 1. The van der Waals surface area contributed by atoms with Crippen LogP contribution in [-0.2, 0) is 23.9 Å². The molecule has 0 aromatic carbocycles. The molecule has 1 saturated heterocycles. The number of aliphatic carboxylic acids is 1. The third-order valence-electron chi connectivity index (χ3n) is 2.59. The summed E-state index contributed by atoms with van der Waals surface area (Å²) < 4.78 is 4.48. The molecular formula is C12H15NO6. The fraction of sp³-hybridized carbons (Fsp3) is 0.500. The second-order valence-electron chi connectivity index (χ2n) is 4.06. The van der Waals surface area contributed by atoms with Crippen LogP contribution in [0.4, 0.5) is 0 Å². The lowest BCUT2D eigenvalue weighted by atomic mass is 10.1. The summed E-state index contributed by atoms with van der Waals surface area (Å²) in [7, 11) is 0. The molecule has 1 heterocycles. The Morgan fingerprint density at radius 1 is 1.05 bits per heavy atom. The van der Waals surface area contributed by atoms with Crippen molar-refractivity contribution in [1.29, 1.82) is 0 Å². The van der Waals surface area contributed by atoms with E-state index in [0.29, 0.717) is 25.2 Å². The number of carboxylic acid groups (broad SMARTS) is 1. The Hall–Kier alpha value is -2.18. The zero-order valence-corrected chi connectivity index (χ0v) is 10.3. The summed E-state index contributed by atoms with van der Waals surface area (Å²) in [5, 5.41) is 8.28. The number of hydrogen-bond acceptors (Lipinski definition) is 5. The van der Waals surface area contributed by atoms with E-state index < -0.39 is 30.2 Å². The van der Waals surface area contributed by atoms with Gasteiger partial charge in [-0.2, -0.15) is 0 Å². The summed E-state index contributed by atoms with van der Waals surface area (Å²) in [6.07, 6.45) is 4.04. The lowest BCUT2D eigenvalue weighted by Crippen LogP contribution is -2.41. The predicted molar refractivity (Wildman–Crippen MR) is 63.2 cm³/mol. The van der Waals surface area contributed by atoms with E-state index in [4.69, 9.17) is 5.11 Å². The van der Waals surface area contributed by atoms with Crippen LogP contribution in [-0.4, -0.2) is 53.3 Å². The van der Waals surface area contributed by atoms with Crippen LogP contribution in [0.15, 0.2) is 12.2 Å². The maximum atomic E-state index is 11.6. The van der Waals surface area contributed by atoms with Gasteiger partial charge in [-0.05, 0) is 19.3 Å². The number of ether oxygens (including phenoxy) is 1. The Balaban J connectivity index is 2.36. The quantitative estimate of drug-likeness (QED) is 0.419. The molecule has 0 aromatic rings. The summed E-state index contributed by atoms with van der Waals surface area (Å²) in [5.41, 5.74) is 0. The van der Waals surface area contributed by atoms with Crippen molar-refractivity contribution in [1.82, 2.24) is 4.90 Å². The lowest BCUT2D eigenvalue weighted by Gasteiger charge is -2.25. The van der Waals surface area contributed by atoms with E-state index in [9.17, 15) is 19.2 Å². The molecule has 1 aliphatic rings. The number of carbonyl (C=O) groups is 4. The Morgan fingerprint density at radius 3 is 2.26 bits per heavy atom. The highest BCUT2D eigenvalue weighted by Gasteiger charge is 2.23. The highest BCUT2D eigenvalue weighted by molar-refractivity contribution is 6.36. The molecule has 19 heavy (non-hydrogen) atoms. The number of esters is 1. The Bertz CT molecular complexity index is 408. The minimum atomic E-state index is -1.30. The largest absolute Gasteiger partial charge is 0.478 e. The smallest absolute Gasteiger partial charge is 0.331 e. The number of ketones is 1. The second kappa shape index (κ2) is 7.30. The molecule has 0 saturated carbocycles. The van der Waals surface area contributed by atoms with Gasteiger partial charge in [-0.15, -0.1) is 0 Å². The van der Waals surface area contributed by atoms with Gasteiger partial charge in [-0.1, -0.05) is 0 Å². The van der Waals surface area contributed by atoms with Crippen molar-refractivity contribution >= 4 is 23.6 Å². The van der Waals surface area contributed by atoms with Gasteiger partial charge >= 0.3 is 11.9 Å². The van der Waals surface area contributed by atoms with Gasteiger partial charge in [0.2, 0.25) is 0 Å². The van der Waals surface area contributed by atoms with Crippen LogP contribution < -0.4 is 0 Å². The molecule has 0 radical (unpaired) electrons. The number of nitrogens with zero attached hydrogens (tertiary/aromatic N) is 1. The van der Waals surface area contributed by atoms with Gasteiger partial charge in [0.1, 0.15) is 0 Å². The molecule has 1 rings (SSSR count). The number of piperidine rings is 1. The first-order chi connectivity index (χ1) is 9.00. The number of rotatable bonds is 5. The van der Waals surface area contributed by atoms with Crippen LogP contribution in [0.2, 0.25) is 0 Å². The number of carboxylic acids is 1. The molecule has 0 aliphatic carbocycles. The van der Waals surface area contributed by atoms with Crippen molar-refractivity contribution in [2.24, 2.45) is 0 Å². The van der Waals surface area contributed by atoms with Crippen LogP contribution in [0.1, 0.15) is 19.3 Å². The van der Waals surface area contributed by atoms with E-state index in [0.717, 1.165) is 19.3 Å². The first-order valence-electron chi connectivity index (χ1n) is 5.90. The summed E-state index contributed by atoms with van der Waals surface area (Å²) >= 11 is 0. The average molecular weight is 269 g/mol. The van der Waals surface area contributed by atoms with Gasteiger partial charge in [0.15, 0.2) is 6.61 Å². The molecule has 104 valence electrons. The van der Waals surface area contributed by atoms with Crippen molar-refractivity contribution in [3.8, 4) is 0 Å². The van der Waals surface area contributed by atoms with E-state index in [-0.39, 0.29) is 0 Å². The van der Waals surface area contributed by atoms with Crippen molar-refractivity contribution in [2.45, 2.75) is 19.3 Å². The first-order valence-corrected chi connectivity index (χ1v) is 5.90. The van der Waals surface area contributed by atoms with Crippen molar-refractivity contribution in [3.63, 3.8) is 0 Å². The fourth-order valence-corrected chi connectivity index (χ4v) is 1.66. The highest BCUT2D eigenvalue weighted by Crippen LogP contribution is 2.08. The molecule has 0 aromatic heterocycles. The normalized spacial score (nSPS) is 15.3. The van der Waals surface area contributed by atoms with Crippen molar-refractivity contribution in [2.75, 3.05) is 19.7 Å². The van der Waals surface area contributed by atoms with Crippen LogP contribution in [0.25, 0.3) is 0 Å². The first kappa shape index (κ1) is 14.9. The SMILES string of the molecule is O=C(O)/C=C/C(=O)OCC(=O)C(=O)N1CCCCC1. The number of hydrogen-bond donors (Lipinski definition) is 1. The third-order valence-corrected chi connectivity index (χ3v) is 2.59. The van der Waals surface area contributed by atoms with Gasteiger partial charge in [-0.25, -0.2) is 9.59 Å². The third kappa shape index (κ3) is 5.33. The molecule has 1 N–H and O–H groups in total. The molecular weight excluding hydrogens is 254 g/mol. The molecule has 0 spiro atoms. The van der Waals surface area contributed by atoms with E-state index in [1.165, 1.54) is 4.90 Å². The zero-order valence-electron chi connectivity index (χ0n) is 10.3. The molecule has 7 nitrogen and oxygen atoms in total. The zero-order chi connectivity index (χ0) is 14.3. The van der Waals surface area contributed by atoms with Crippen molar-refractivity contribution in [3.05, 3.63) is 12.2 Å². The fourth-order valence-electron chi connectivity index (χ4n) is 1.66. The van der Waals surface area contributed by atoms with Crippen LogP contribution in [0.3, 0.4) is 0 Å². The molecule has 7 heteroatoms. The standard InChI is InChI=1S/C12H15NO6/c14-9(8-19-11(17)5-4-10(15)16)12(18)13-6-2-1-3-7-13/h4-5H,1-3,6-8H2,(H,15,16)/b5-4+. The predicted octanol–water partition coefficient (Wildman–Crippen LogP) is -0.248. The van der Waals surface area contributed by atoms with Crippen LogP contribution in [0, 0.1) is 0 Å². The maximum Gasteiger partial charge on any atom is 0.331 e. The molecule has 1 amide bonds. The minimum Gasteiger partial charge on any atom is -0.478 e. The van der Waals surface area contributed by atoms with Gasteiger partial charge in [0.05, 0.1) is 0 Å². The van der Waals surface area contributed by atoms with E-state index in [2.05, 4.69) is 4.74 Å². The van der Waals surface area contributed by atoms with E-state index >= 15 is 0 Å². The summed E-state index contributed by atoms with van der Waals surface area (Å²) in [5.74, 6) is -3.73. The molecule has 0 atom stereocenters. The van der Waals surface area contributed by atoms with Gasteiger partial charge in [0, 0.05) is 25.2 Å². The molecule has 0 unspecified atom stereocenters. The monoisotopic (exact) mass is 269 g/mol. The number of carbonyl (C=O) groups excluding carboxylic acids is 3. The van der Waals surface area contributed by atoms with Crippen LogP contribution >= 0.6 is 0 Å². The summed E-state index contributed by atoms with van der Waals surface area (Å²) in [6, 6.07) is 0. The van der Waals surface area contributed by atoms with Gasteiger partial charge in [-0.3, -0.25) is 9.59 Å². The van der Waals surface area contributed by atoms with Gasteiger partial charge < -0.3 is 14.7 Å². The molecule has 1 aliphatic heterocycles. The molecule has 1 fully saturated rings. The lowest BCUT2D eigenvalue weighted by molar-refractivity contribution is -0.151.